The number of hydrogen-bond donors (Lipinski definition) is 0. The van der Waals surface area contributed by atoms with E-state index in [1.165, 1.54) is 12.8 Å². The van der Waals surface area contributed by atoms with E-state index < -0.39 is 0 Å². The predicted octanol–water partition coefficient (Wildman–Crippen LogP) is 1.61. The topological polar surface area (TPSA) is 34.4 Å². The zero-order valence-corrected chi connectivity index (χ0v) is 8.04. The van der Waals surface area contributed by atoms with E-state index in [2.05, 4.69) is 5.32 Å². The summed E-state index contributed by atoms with van der Waals surface area (Å²) in [5, 5.41) is 4.07. The molecule has 0 aromatic heterocycles. The Morgan fingerprint density at radius 2 is 2.00 bits per heavy atom. The fraction of sp³-hybridized carbons (Fsp3) is 0.900. The fourth-order valence-corrected chi connectivity index (χ4v) is 1.76. The predicted molar refractivity (Wildman–Crippen MR) is 50.5 cm³/mol. The SMILES string of the molecule is O=C([N]CCC1CC1)N1CCCC1. The van der Waals surface area contributed by atoms with Crippen LogP contribution in [0.3, 0.4) is 0 Å². The van der Waals surface area contributed by atoms with Crippen molar-refractivity contribution in [1.29, 1.82) is 0 Å². The van der Waals surface area contributed by atoms with Crippen molar-refractivity contribution in [2.75, 3.05) is 19.6 Å². The molecule has 1 heterocycles. The summed E-state index contributed by atoms with van der Waals surface area (Å²) >= 11 is 0. The van der Waals surface area contributed by atoms with Crippen LogP contribution in [0.4, 0.5) is 4.79 Å². The van der Waals surface area contributed by atoms with Crippen molar-refractivity contribution in [3.05, 3.63) is 0 Å². The highest BCUT2D eigenvalue weighted by Crippen LogP contribution is 2.31. The van der Waals surface area contributed by atoms with Crippen LogP contribution in [-0.2, 0) is 0 Å². The number of rotatable bonds is 3. The maximum absolute atomic E-state index is 11.4. The highest BCUT2D eigenvalue weighted by atomic mass is 16.2. The van der Waals surface area contributed by atoms with Gasteiger partial charge in [0, 0.05) is 19.6 Å². The molecule has 1 saturated carbocycles. The molecule has 2 amide bonds. The minimum absolute atomic E-state index is 0.0261. The average molecular weight is 181 g/mol. The lowest BCUT2D eigenvalue weighted by Gasteiger charge is -2.13. The maximum Gasteiger partial charge on any atom is 0.338 e. The molecular formula is C10H17N2O. The summed E-state index contributed by atoms with van der Waals surface area (Å²) in [6, 6.07) is 0.0261. The van der Waals surface area contributed by atoms with Crippen LogP contribution in [0.25, 0.3) is 0 Å². The van der Waals surface area contributed by atoms with Gasteiger partial charge in [0.25, 0.3) is 0 Å². The van der Waals surface area contributed by atoms with Gasteiger partial charge in [-0.3, -0.25) is 0 Å². The third-order valence-electron chi connectivity index (χ3n) is 2.86. The Hall–Kier alpha value is -0.730. The van der Waals surface area contributed by atoms with Gasteiger partial charge in [-0.2, -0.15) is 0 Å². The molecule has 0 aromatic carbocycles. The van der Waals surface area contributed by atoms with E-state index in [0.717, 1.165) is 44.8 Å². The van der Waals surface area contributed by atoms with Crippen LogP contribution in [0, 0.1) is 5.92 Å². The second-order valence-electron chi connectivity index (χ2n) is 4.09. The molecule has 0 atom stereocenters. The standard InChI is InChI=1S/C10H17N2O/c13-10(12-7-1-2-8-12)11-6-5-9-3-4-9/h9H,1-8H2. The first-order valence-electron chi connectivity index (χ1n) is 5.32. The van der Waals surface area contributed by atoms with E-state index in [0.29, 0.717) is 0 Å². The summed E-state index contributed by atoms with van der Waals surface area (Å²) in [5.41, 5.74) is 0. The second-order valence-corrected chi connectivity index (χ2v) is 4.09. The molecular weight excluding hydrogens is 164 g/mol. The average Bonchev–Trinajstić information content (AvgIpc) is 2.80. The Kier molecular flexibility index (Phi) is 2.71. The second kappa shape index (κ2) is 3.99. The summed E-state index contributed by atoms with van der Waals surface area (Å²) in [5.74, 6) is 0.884. The van der Waals surface area contributed by atoms with Crippen molar-refractivity contribution >= 4 is 6.03 Å². The Bertz CT molecular complexity index is 183. The normalized spacial score (nSPS) is 22.0. The van der Waals surface area contributed by atoms with Crippen molar-refractivity contribution in [2.45, 2.75) is 32.1 Å². The molecule has 1 aliphatic carbocycles. The van der Waals surface area contributed by atoms with Crippen LogP contribution in [0.15, 0.2) is 0 Å². The molecule has 0 unspecified atom stereocenters. The Morgan fingerprint density at radius 1 is 1.31 bits per heavy atom. The van der Waals surface area contributed by atoms with Gasteiger partial charge in [0.05, 0.1) is 0 Å². The van der Waals surface area contributed by atoms with Gasteiger partial charge in [-0.05, 0) is 25.2 Å². The molecule has 13 heavy (non-hydrogen) atoms. The van der Waals surface area contributed by atoms with Crippen LogP contribution >= 0.6 is 0 Å². The first-order chi connectivity index (χ1) is 6.36. The van der Waals surface area contributed by atoms with Gasteiger partial charge < -0.3 is 4.90 Å². The van der Waals surface area contributed by atoms with E-state index >= 15 is 0 Å². The van der Waals surface area contributed by atoms with Gasteiger partial charge in [-0.15, -0.1) is 0 Å². The first-order valence-corrected chi connectivity index (χ1v) is 5.32. The highest BCUT2D eigenvalue weighted by molar-refractivity contribution is 5.74. The number of carbonyl (C=O) groups is 1. The van der Waals surface area contributed by atoms with E-state index in [4.69, 9.17) is 0 Å². The molecule has 2 aliphatic rings. The molecule has 0 N–H and O–H groups in total. The number of amides is 2. The first kappa shape index (κ1) is 8.85. The van der Waals surface area contributed by atoms with Crippen LogP contribution in [0.1, 0.15) is 32.1 Å². The number of carbonyl (C=O) groups excluding carboxylic acids is 1. The van der Waals surface area contributed by atoms with Crippen LogP contribution in [-0.4, -0.2) is 30.6 Å². The number of hydrogen-bond acceptors (Lipinski definition) is 1. The zero-order chi connectivity index (χ0) is 9.10. The van der Waals surface area contributed by atoms with Crippen molar-refractivity contribution in [3.8, 4) is 0 Å². The Balaban J connectivity index is 1.59. The molecule has 73 valence electrons. The molecule has 0 spiro atoms. The molecule has 3 heteroatoms. The molecule has 3 nitrogen and oxygen atoms in total. The lowest BCUT2D eigenvalue weighted by Crippen LogP contribution is -2.34. The monoisotopic (exact) mass is 181 g/mol. The van der Waals surface area contributed by atoms with E-state index in [1.807, 2.05) is 4.90 Å². The summed E-state index contributed by atoms with van der Waals surface area (Å²) in [4.78, 5) is 13.3. The molecule has 0 bridgehead atoms. The van der Waals surface area contributed by atoms with E-state index in [-0.39, 0.29) is 6.03 Å². The summed E-state index contributed by atoms with van der Waals surface area (Å²) < 4.78 is 0. The molecule has 1 radical (unpaired) electrons. The summed E-state index contributed by atoms with van der Waals surface area (Å²) in [6.45, 7) is 2.59. The minimum Gasteiger partial charge on any atom is -0.323 e. The van der Waals surface area contributed by atoms with Gasteiger partial charge in [0.2, 0.25) is 0 Å². The van der Waals surface area contributed by atoms with Crippen molar-refractivity contribution < 1.29 is 4.79 Å². The smallest absolute Gasteiger partial charge is 0.323 e. The quantitative estimate of drug-likeness (QED) is 0.651. The molecule has 2 fully saturated rings. The Labute approximate surface area is 79.5 Å². The number of likely N-dealkylation sites (tertiary alicyclic amines) is 1. The Morgan fingerprint density at radius 3 is 2.62 bits per heavy atom. The van der Waals surface area contributed by atoms with Gasteiger partial charge in [-0.1, -0.05) is 12.8 Å². The van der Waals surface area contributed by atoms with Gasteiger partial charge in [0.15, 0.2) is 0 Å². The third kappa shape index (κ3) is 2.61. The molecule has 2 rings (SSSR count). The van der Waals surface area contributed by atoms with E-state index in [9.17, 15) is 4.79 Å². The van der Waals surface area contributed by atoms with Crippen LogP contribution in [0.5, 0.6) is 0 Å². The maximum atomic E-state index is 11.4. The lowest BCUT2D eigenvalue weighted by molar-refractivity contribution is 0.207. The van der Waals surface area contributed by atoms with Gasteiger partial charge in [0.1, 0.15) is 0 Å². The summed E-state index contributed by atoms with van der Waals surface area (Å²) in [7, 11) is 0. The minimum atomic E-state index is 0.0261. The largest absolute Gasteiger partial charge is 0.338 e. The van der Waals surface area contributed by atoms with Crippen LogP contribution in [0.2, 0.25) is 0 Å². The van der Waals surface area contributed by atoms with Crippen molar-refractivity contribution in [3.63, 3.8) is 0 Å². The summed E-state index contributed by atoms with van der Waals surface area (Å²) in [6.07, 6.45) is 6.15. The molecule has 1 aliphatic heterocycles. The third-order valence-corrected chi connectivity index (χ3v) is 2.86. The number of nitrogens with zero attached hydrogens (tertiary/aromatic N) is 2. The van der Waals surface area contributed by atoms with Crippen molar-refractivity contribution in [2.24, 2.45) is 5.92 Å². The number of urea groups is 1. The van der Waals surface area contributed by atoms with Gasteiger partial charge >= 0.3 is 6.03 Å². The van der Waals surface area contributed by atoms with Gasteiger partial charge in [-0.25, -0.2) is 10.1 Å². The fourth-order valence-electron chi connectivity index (χ4n) is 1.76. The molecule has 1 saturated heterocycles. The highest BCUT2D eigenvalue weighted by Gasteiger charge is 2.22. The lowest BCUT2D eigenvalue weighted by atomic mass is 10.3. The van der Waals surface area contributed by atoms with Crippen LogP contribution < -0.4 is 5.32 Å². The zero-order valence-electron chi connectivity index (χ0n) is 8.04. The van der Waals surface area contributed by atoms with Crippen molar-refractivity contribution in [1.82, 2.24) is 10.2 Å². The van der Waals surface area contributed by atoms with E-state index in [1.54, 1.807) is 0 Å². The molecule has 0 aromatic rings.